The highest BCUT2D eigenvalue weighted by Crippen LogP contribution is 2.34. The molecular formula is C20H27ClN2S. The second kappa shape index (κ2) is 9.53. The minimum absolute atomic E-state index is 0.663. The van der Waals surface area contributed by atoms with Gasteiger partial charge in [-0.1, -0.05) is 43.7 Å². The molecule has 3 rings (SSSR count). The summed E-state index contributed by atoms with van der Waals surface area (Å²) >= 11 is 8.04. The first-order valence-corrected chi connectivity index (χ1v) is 10.4. The van der Waals surface area contributed by atoms with Crippen LogP contribution in [0.25, 0.3) is 0 Å². The molecule has 24 heavy (non-hydrogen) atoms. The van der Waals surface area contributed by atoms with Crippen LogP contribution in [0.15, 0.2) is 47.9 Å². The van der Waals surface area contributed by atoms with Gasteiger partial charge in [0, 0.05) is 34.1 Å². The number of imidazole rings is 1. The topological polar surface area (TPSA) is 17.8 Å². The highest BCUT2D eigenvalue weighted by Gasteiger charge is 2.17. The van der Waals surface area contributed by atoms with E-state index in [1.54, 1.807) is 0 Å². The van der Waals surface area contributed by atoms with E-state index in [1.165, 1.54) is 56.3 Å². The fourth-order valence-electron chi connectivity index (χ4n) is 3.58. The Balaban J connectivity index is 1.55. The number of aryl methyl sites for hydroxylation is 1. The number of rotatable bonds is 8. The number of hydrogen-bond acceptors (Lipinski definition) is 2. The van der Waals surface area contributed by atoms with E-state index >= 15 is 0 Å². The van der Waals surface area contributed by atoms with Crippen molar-refractivity contribution in [1.82, 2.24) is 9.55 Å². The summed E-state index contributed by atoms with van der Waals surface area (Å²) in [5, 5.41) is 1.48. The lowest BCUT2D eigenvalue weighted by Crippen LogP contribution is -2.12. The molecule has 2 aromatic rings. The fraction of sp³-hybridized carbons (Fsp3) is 0.550. The highest BCUT2D eigenvalue weighted by molar-refractivity contribution is 8.00. The Morgan fingerprint density at radius 2 is 1.92 bits per heavy atom. The zero-order valence-corrected chi connectivity index (χ0v) is 15.8. The Morgan fingerprint density at radius 3 is 2.62 bits per heavy atom. The molecule has 0 bridgehead atoms. The van der Waals surface area contributed by atoms with E-state index in [2.05, 4.69) is 27.9 Å². The smallest absolute Gasteiger partial charge is 0.0945 e. The molecule has 0 saturated heterocycles. The van der Waals surface area contributed by atoms with E-state index in [0.29, 0.717) is 5.25 Å². The largest absolute Gasteiger partial charge is 0.337 e. The second-order valence-electron chi connectivity index (χ2n) is 6.86. The fourth-order valence-corrected chi connectivity index (χ4v) is 4.86. The van der Waals surface area contributed by atoms with Gasteiger partial charge in [-0.15, -0.1) is 11.8 Å². The van der Waals surface area contributed by atoms with Crippen LogP contribution in [0.4, 0.5) is 0 Å². The summed E-state index contributed by atoms with van der Waals surface area (Å²) in [5.41, 5.74) is 0. The average Bonchev–Trinajstić information content (AvgIpc) is 3.13. The zero-order chi connectivity index (χ0) is 16.6. The molecule has 0 amide bonds. The van der Waals surface area contributed by atoms with Crippen LogP contribution in [0.3, 0.4) is 0 Å². The van der Waals surface area contributed by atoms with Crippen LogP contribution in [0.2, 0.25) is 5.02 Å². The monoisotopic (exact) mass is 362 g/mol. The molecule has 1 heterocycles. The van der Waals surface area contributed by atoms with Gasteiger partial charge < -0.3 is 4.57 Å². The Labute approximate surface area is 155 Å². The number of hydrogen-bond donors (Lipinski definition) is 0. The first-order valence-electron chi connectivity index (χ1n) is 9.17. The molecule has 2 nitrogen and oxygen atoms in total. The van der Waals surface area contributed by atoms with Gasteiger partial charge in [0.25, 0.3) is 0 Å². The third-order valence-electron chi connectivity index (χ3n) is 5.01. The predicted octanol–water partition coefficient (Wildman–Crippen LogP) is 6.45. The molecular weight excluding hydrogens is 336 g/mol. The molecule has 0 radical (unpaired) electrons. The molecule has 130 valence electrons. The molecule has 1 fully saturated rings. The van der Waals surface area contributed by atoms with Crippen molar-refractivity contribution in [3.05, 3.63) is 48.0 Å². The molecule has 4 heteroatoms. The van der Waals surface area contributed by atoms with E-state index in [4.69, 9.17) is 11.6 Å². The summed E-state index contributed by atoms with van der Waals surface area (Å²) in [4.78, 5) is 5.49. The van der Waals surface area contributed by atoms with E-state index in [1.807, 2.05) is 36.4 Å². The van der Waals surface area contributed by atoms with Crippen molar-refractivity contribution in [3.8, 4) is 0 Å². The van der Waals surface area contributed by atoms with Crippen LogP contribution in [0.1, 0.15) is 51.4 Å². The Hall–Kier alpha value is -0.930. The van der Waals surface area contributed by atoms with Crippen LogP contribution in [-0.4, -0.2) is 14.8 Å². The lowest BCUT2D eigenvalue weighted by atomic mass is 9.85. The van der Waals surface area contributed by atoms with Gasteiger partial charge in [-0.25, -0.2) is 4.98 Å². The standard InChI is InChI=1S/C20H27ClN2S/c21-18-7-10-19(11-8-18)24-20(12-14-23-15-13-22-16-23)9-6-17-4-2-1-3-5-17/h7-8,10-11,13,15-17,20H,1-6,9,12,14H2. The van der Waals surface area contributed by atoms with Gasteiger partial charge in [-0.05, 0) is 49.4 Å². The number of benzene rings is 1. The van der Waals surface area contributed by atoms with E-state index in [9.17, 15) is 0 Å². The van der Waals surface area contributed by atoms with Crippen molar-refractivity contribution < 1.29 is 0 Å². The number of nitrogens with zero attached hydrogens (tertiary/aromatic N) is 2. The highest BCUT2D eigenvalue weighted by atomic mass is 35.5. The Bertz CT molecular complexity index is 576. The summed E-state index contributed by atoms with van der Waals surface area (Å²) in [7, 11) is 0. The van der Waals surface area contributed by atoms with Crippen molar-refractivity contribution in [3.63, 3.8) is 0 Å². The summed E-state index contributed by atoms with van der Waals surface area (Å²) < 4.78 is 2.19. The quantitative estimate of drug-likeness (QED) is 0.502. The van der Waals surface area contributed by atoms with Crippen LogP contribution < -0.4 is 0 Å². The van der Waals surface area contributed by atoms with Gasteiger partial charge in [0.2, 0.25) is 0 Å². The Kier molecular flexibility index (Phi) is 7.10. The van der Waals surface area contributed by atoms with Crippen LogP contribution >= 0.6 is 23.4 Å². The molecule has 1 unspecified atom stereocenters. The molecule has 1 atom stereocenters. The molecule has 1 aromatic heterocycles. The molecule has 1 aliphatic rings. The number of aromatic nitrogens is 2. The lowest BCUT2D eigenvalue weighted by molar-refractivity contribution is 0.329. The normalized spacial score (nSPS) is 17.0. The van der Waals surface area contributed by atoms with Crippen LogP contribution in [-0.2, 0) is 6.54 Å². The van der Waals surface area contributed by atoms with Crippen molar-refractivity contribution in [2.75, 3.05) is 0 Å². The maximum absolute atomic E-state index is 6.02. The van der Waals surface area contributed by atoms with E-state index in [-0.39, 0.29) is 0 Å². The number of thioether (sulfide) groups is 1. The van der Waals surface area contributed by atoms with Gasteiger partial charge in [-0.2, -0.15) is 0 Å². The maximum Gasteiger partial charge on any atom is 0.0945 e. The molecule has 0 spiro atoms. The minimum atomic E-state index is 0.663. The predicted molar refractivity (Wildman–Crippen MR) is 104 cm³/mol. The molecule has 0 N–H and O–H groups in total. The van der Waals surface area contributed by atoms with Gasteiger partial charge in [0.1, 0.15) is 0 Å². The Morgan fingerprint density at radius 1 is 1.12 bits per heavy atom. The minimum Gasteiger partial charge on any atom is -0.337 e. The molecule has 0 aliphatic heterocycles. The van der Waals surface area contributed by atoms with Gasteiger partial charge in [0.15, 0.2) is 0 Å². The van der Waals surface area contributed by atoms with Crippen molar-refractivity contribution >= 4 is 23.4 Å². The molecule has 1 saturated carbocycles. The van der Waals surface area contributed by atoms with E-state index in [0.717, 1.165) is 17.5 Å². The third-order valence-corrected chi connectivity index (χ3v) is 6.61. The molecule has 1 aliphatic carbocycles. The van der Waals surface area contributed by atoms with Gasteiger partial charge >= 0.3 is 0 Å². The first-order chi connectivity index (χ1) is 11.8. The summed E-state index contributed by atoms with van der Waals surface area (Å²) in [6.07, 6.45) is 16.9. The summed E-state index contributed by atoms with van der Waals surface area (Å²) in [6, 6.07) is 8.30. The third kappa shape index (κ3) is 5.86. The average molecular weight is 363 g/mol. The van der Waals surface area contributed by atoms with Gasteiger partial charge in [-0.3, -0.25) is 0 Å². The SMILES string of the molecule is Clc1ccc(SC(CCC2CCCCC2)CCn2ccnc2)cc1. The van der Waals surface area contributed by atoms with Gasteiger partial charge in [0.05, 0.1) is 6.33 Å². The van der Waals surface area contributed by atoms with Crippen LogP contribution in [0, 0.1) is 5.92 Å². The van der Waals surface area contributed by atoms with E-state index < -0.39 is 0 Å². The summed E-state index contributed by atoms with van der Waals surface area (Å²) in [5.74, 6) is 0.959. The van der Waals surface area contributed by atoms with Crippen molar-refractivity contribution in [2.45, 2.75) is 68.1 Å². The maximum atomic E-state index is 6.02. The van der Waals surface area contributed by atoms with Crippen molar-refractivity contribution in [2.24, 2.45) is 5.92 Å². The van der Waals surface area contributed by atoms with Crippen LogP contribution in [0.5, 0.6) is 0 Å². The lowest BCUT2D eigenvalue weighted by Gasteiger charge is -2.24. The zero-order valence-electron chi connectivity index (χ0n) is 14.2. The van der Waals surface area contributed by atoms with Crippen molar-refractivity contribution in [1.29, 1.82) is 0 Å². The molecule has 1 aromatic carbocycles. The second-order valence-corrected chi connectivity index (χ2v) is 8.67. The number of halogens is 1. The first kappa shape index (κ1) is 17.9. The summed E-state index contributed by atoms with van der Waals surface area (Å²) in [6.45, 7) is 1.05.